The smallest absolute Gasteiger partial charge is 0.261 e. The van der Waals surface area contributed by atoms with Gasteiger partial charge in [-0.1, -0.05) is 12.1 Å². The second kappa shape index (κ2) is 7.36. The molecule has 3 heterocycles. The zero-order chi connectivity index (χ0) is 18.8. The van der Waals surface area contributed by atoms with E-state index in [-0.39, 0.29) is 17.7 Å². The van der Waals surface area contributed by atoms with E-state index < -0.39 is 0 Å². The average Bonchev–Trinajstić information content (AvgIpc) is 3.32. The van der Waals surface area contributed by atoms with E-state index in [4.69, 9.17) is 4.42 Å². The van der Waals surface area contributed by atoms with Gasteiger partial charge in [-0.2, -0.15) is 0 Å². The molecule has 0 N–H and O–H groups in total. The van der Waals surface area contributed by atoms with Crippen LogP contribution < -0.4 is 0 Å². The molecule has 7 heteroatoms. The van der Waals surface area contributed by atoms with Crippen LogP contribution in [0.2, 0.25) is 0 Å². The first-order valence-corrected chi connectivity index (χ1v) is 9.14. The fourth-order valence-electron chi connectivity index (χ4n) is 3.64. The lowest BCUT2D eigenvalue weighted by molar-refractivity contribution is 0.0595. The van der Waals surface area contributed by atoms with Crippen LogP contribution in [0.3, 0.4) is 0 Å². The number of amides is 3. The summed E-state index contributed by atoms with van der Waals surface area (Å²) in [6.07, 6.45) is 3.70. The van der Waals surface area contributed by atoms with Crippen molar-refractivity contribution < 1.29 is 18.8 Å². The lowest BCUT2D eigenvalue weighted by Gasteiger charge is -2.34. The average molecular weight is 367 g/mol. The lowest BCUT2D eigenvalue weighted by Crippen LogP contribution is -2.49. The van der Waals surface area contributed by atoms with Gasteiger partial charge in [-0.05, 0) is 31.2 Å². The van der Waals surface area contributed by atoms with Crippen LogP contribution in [-0.2, 0) is 0 Å². The van der Waals surface area contributed by atoms with Crippen molar-refractivity contribution in [3.63, 3.8) is 0 Å². The van der Waals surface area contributed by atoms with E-state index in [0.717, 1.165) is 26.1 Å². The highest BCUT2D eigenvalue weighted by Crippen LogP contribution is 2.22. The molecule has 1 aromatic carbocycles. The van der Waals surface area contributed by atoms with E-state index >= 15 is 0 Å². The minimum Gasteiger partial charge on any atom is -0.472 e. The molecular weight excluding hydrogens is 346 g/mol. The number of piperazine rings is 1. The maximum Gasteiger partial charge on any atom is 0.261 e. The van der Waals surface area contributed by atoms with Crippen molar-refractivity contribution in [2.24, 2.45) is 0 Å². The Kier molecular flexibility index (Phi) is 4.77. The van der Waals surface area contributed by atoms with Gasteiger partial charge >= 0.3 is 0 Å². The third-order valence-corrected chi connectivity index (χ3v) is 5.16. The second-order valence-electron chi connectivity index (χ2n) is 6.81. The van der Waals surface area contributed by atoms with E-state index in [9.17, 15) is 14.4 Å². The van der Waals surface area contributed by atoms with Gasteiger partial charge in [0.1, 0.15) is 6.26 Å². The van der Waals surface area contributed by atoms with Gasteiger partial charge in [-0.15, -0.1) is 0 Å². The molecule has 7 nitrogen and oxygen atoms in total. The predicted octanol–water partition coefficient (Wildman–Crippen LogP) is 1.72. The molecule has 2 aliphatic heterocycles. The molecule has 0 atom stereocenters. The zero-order valence-corrected chi connectivity index (χ0v) is 15.0. The summed E-state index contributed by atoms with van der Waals surface area (Å²) < 4.78 is 4.97. The molecule has 0 saturated carbocycles. The Morgan fingerprint density at radius 1 is 0.926 bits per heavy atom. The molecule has 0 radical (unpaired) electrons. The Morgan fingerprint density at radius 3 is 2.19 bits per heavy atom. The predicted molar refractivity (Wildman–Crippen MR) is 97.5 cm³/mol. The summed E-state index contributed by atoms with van der Waals surface area (Å²) in [5.74, 6) is -0.410. The van der Waals surface area contributed by atoms with Crippen LogP contribution in [0.5, 0.6) is 0 Å². The molecular formula is C20H21N3O4. The molecule has 0 spiro atoms. The molecule has 0 unspecified atom stereocenters. The van der Waals surface area contributed by atoms with Crippen LogP contribution in [0, 0.1) is 0 Å². The lowest BCUT2D eigenvalue weighted by atomic mass is 10.1. The van der Waals surface area contributed by atoms with Gasteiger partial charge in [-0.3, -0.25) is 24.2 Å². The third kappa shape index (κ3) is 3.38. The van der Waals surface area contributed by atoms with Crippen LogP contribution in [0.1, 0.15) is 37.5 Å². The minimum atomic E-state index is -0.203. The Bertz CT molecular complexity index is 819. The minimum absolute atomic E-state index is 0.00516. The largest absolute Gasteiger partial charge is 0.472 e. The first-order valence-electron chi connectivity index (χ1n) is 9.14. The highest BCUT2D eigenvalue weighted by molar-refractivity contribution is 6.21. The first kappa shape index (κ1) is 17.5. The van der Waals surface area contributed by atoms with E-state index in [2.05, 4.69) is 4.90 Å². The molecule has 2 aliphatic rings. The molecule has 4 rings (SSSR count). The summed E-state index contributed by atoms with van der Waals surface area (Å²) in [5, 5.41) is 0. The monoisotopic (exact) mass is 367 g/mol. The summed E-state index contributed by atoms with van der Waals surface area (Å²) in [4.78, 5) is 42.4. The number of rotatable bonds is 5. The Morgan fingerprint density at radius 2 is 1.59 bits per heavy atom. The fourth-order valence-corrected chi connectivity index (χ4v) is 3.64. The standard InChI is InChI=1S/C20H21N3O4/c24-18(15-6-13-27-14-15)22-11-9-21(10-12-22)7-3-8-23-19(25)16-4-1-2-5-17(16)20(23)26/h1-2,4-6,13-14H,3,7-12H2. The van der Waals surface area contributed by atoms with Crippen molar-refractivity contribution in [3.8, 4) is 0 Å². The number of benzene rings is 1. The van der Waals surface area contributed by atoms with Crippen LogP contribution >= 0.6 is 0 Å². The third-order valence-electron chi connectivity index (χ3n) is 5.16. The van der Waals surface area contributed by atoms with Crippen molar-refractivity contribution in [2.75, 3.05) is 39.3 Å². The van der Waals surface area contributed by atoms with Crippen LogP contribution in [0.25, 0.3) is 0 Å². The number of hydrogen-bond acceptors (Lipinski definition) is 5. The zero-order valence-electron chi connectivity index (χ0n) is 15.0. The quantitative estimate of drug-likeness (QED) is 0.753. The van der Waals surface area contributed by atoms with E-state index in [0.29, 0.717) is 36.3 Å². The van der Waals surface area contributed by atoms with E-state index in [1.165, 1.54) is 17.4 Å². The number of nitrogens with zero attached hydrogens (tertiary/aromatic N) is 3. The summed E-state index contributed by atoms with van der Waals surface area (Å²) in [6, 6.07) is 8.63. The van der Waals surface area contributed by atoms with Crippen LogP contribution in [-0.4, -0.2) is 71.7 Å². The SMILES string of the molecule is O=C(c1ccoc1)N1CCN(CCCN2C(=O)c3ccccc3C2=O)CC1. The van der Waals surface area contributed by atoms with Crippen LogP contribution in [0.15, 0.2) is 47.3 Å². The first-order chi connectivity index (χ1) is 13.1. The van der Waals surface area contributed by atoms with Crippen molar-refractivity contribution in [3.05, 3.63) is 59.5 Å². The maximum absolute atomic E-state index is 12.4. The topological polar surface area (TPSA) is 74.1 Å². The summed E-state index contributed by atoms with van der Waals surface area (Å²) in [6.45, 7) is 4.10. The van der Waals surface area contributed by atoms with Gasteiger partial charge in [0.05, 0.1) is 23.0 Å². The van der Waals surface area contributed by atoms with Crippen molar-refractivity contribution in [1.82, 2.24) is 14.7 Å². The molecule has 3 amide bonds. The number of furan rings is 1. The van der Waals surface area contributed by atoms with Crippen molar-refractivity contribution in [1.29, 1.82) is 0 Å². The summed E-state index contributed by atoms with van der Waals surface area (Å²) >= 11 is 0. The van der Waals surface area contributed by atoms with Gasteiger partial charge < -0.3 is 9.32 Å². The number of hydrogen-bond donors (Lipinski definition) is 0. The second-order valence-corrected chi connectivity index (χ2v) is 6.81. The van der Waals surface area contributed by atoms with Gasteiger partial charge in [0.15, 0.2) is 0 Å². The van der Waals surface area contributed by atoms with Gasteiger partial charge in [0.2, 0.25) is 0 Å². The Hall–Kier alpha value is -2.93. The highest BCUT2D eigenvalue weighted by atomic mass is 16.3. The molecule has 0 bridgehead atoms. The molecule has 1 fully saturated rings. The molecule has 0 aliphatic carbocycles. The van der Waals surface area contributed by atoms with Gasteiger partial charge in [0, 0.05) is 32.7 Å². The fraction of sp³-hybridized carbons (Fsp3) is 0.350. The number of imide groups is 1. The molecule has 27 heavy (non-hydrogen) atoms. The molecule has 1 aromatic heterocycles. The number of carbonyl (C=O) groups excluding carboxylic acids is 3. The Labute approximate surface area is 157 Å². The summed E-state index contributed by atoms with van der Waals surface area (Å²) in [7, 11) is 0. The molecule has 140 valence electrons. The van der Waals surface area contributed by atoms with E-state index in [1.807, 2.05) is 4.90 Å². The maximum atomic E-state index is 12.4. The number of carbonyl (C=O) groups is 3. The van der Waals surface area contributed by atoms with Crippen LogP contribution in [0.4, 0.5) is 0 Å². The Balaban J connectivity index is 1.24. The van der Waals surface area contributed by atoms with Gasteiger partial charge in [-0.25, -0.2) is 0 Å². The van der Waals surface area contributed by atoms with Crippen molar-refractivity contribution in [2.45, 2.75) is 6.42 Å². The molecule has 2 aromatic rings. The molecule has 1 saturated heterocycles. The van der Waals surface area contributed by atoms with Gasteiger partial charge in [0.25, 0.3) is 17.7 Å². The van der Waals surface area contributed by atoms with E-state index in [1.54, 1.807) is 30.3 Å². The van der Waals surface area contributed by atoms with Crippen molar-refractivity contribution >= 4 is 17.7 Å². The normalized spacial score (nSPS) is 17.5. The number of fused-ring (bicyclic) bond motifs is 1. The highest BCUT2D eigenvalue weighted by Gasteiger charge is 2.34. The summed E-state index contributed by atoms with van der Waals surface area (Å²) in [5.41, 5.74) is 1.57.